The van der Waals surface area contributed by atoms with Crippen molar-refractivity contribution < 1.29 is 25.8 Å². The maximum atomic E-state index is 2.51. The molecular weight excluding hydrogens is 587 g/mol. The number of aryl methyl sites for hydroxylation is 2. The molecule has 0 aliphatic heterocycles. The zero-order valence-electron chi connectivity index (χ0n) is 23.8. The Kier molecular flexibility index (Phi) is 8.84. The van der Waals surface area contributed by atoms with Crippen LogP contribution in [0.3, 0.4) is 0 Å². The second-order valence-electron chi connectivity index (χ2n) is 12.0. The number of allylic oxidation sites excluding steroid dienone is 1. The van der Waals surface area contributed by atoms with E-state index in [2.05, 4.69) is 106 Å². The second-order valence-corrected chi connectivity index (χ2v) is 12.0. The van der Waals surface area contributed by atoms with Crippen molar-refractivity contribution in [2.45, 2.75) is 112 Å². The van der Waals surface area contributed by atoms with E-state index >= 15 is 0 Å². The Hall–Kier alpha value is -1.34. The molecule has 1 heteroatoms. The summed E-state index contributed by atoms with van der Waals surface area (Å²) in [6.45, 7) is 23.4. The van der Waals surface area contributed by atoms with Gasteiger partial charge in [0, 0.05) is 31.8 Å². The molecule has 0 saturated heterocycles. The molecular formula is C34H45Hf-. The molecule has 0 bridgehead atoms. The Bertz CT molecular complexity index is 1230. The molecule has 35 heavy (non-hydrogen) atoms. The van der Waals surface area contributed by atoms with Gasteiger partial charge in [-0.15, -0.1) is 33.5 Å². The summed E-state index contributed by atoms with van der Waals surface area (Å²) in [4.78, 5) is 0. The van der Waals surface area contributed by atoms with E-state index in [1.807, 2.05) is 0 Å². The summed E-state index contributed by atoms with van der Waals surface area (Å²) in [5.41, 5.74) is 13.8. The van der Waals surface area contributed by atoms with Crippen LogP contribution in [0.15, 0.2) is 35.9 Å². The maximum absolute atomic E-state index is 2.51. The Balaban J connectivity index is 0.00000342. The fraction of sp³-hybridized carbons (Fsp3) is 0.500. The van der Waals surface area contributed by atoms with Crippen molar-refractivity contribution in [2.75, 3.05) is 0 Å². The Morgan fingerprint density at radius 1 is 0.714 bits per heavy atom. The summed E-state index contributed by atoms with van der Waals surface area (Å²) in [7, 11) is 0. The monoisotopic (exact) mass is 633 g/mol. The third kappa shape index (κ3) is 5.09. The SMILES string of the molecule is CC1=Cc2c(C(C)C)ccc(C(C)C)c2C1CC[c-]1c(C)cc2c(C(C)C)ccc(C(C)C)c21.[Hf]. The Morgan fingerprint density at radius 3 is 1.80 bits per heavy atom. The largest absolute Gasteiger partial charge is 0.165 e. The van der Waals surface area contributed by atoms with E-state index in [9.17, 15) is 0 Å². The topological polar surface area (TPSA) is 0 Å². The van der Waals surface area contributed by atoms with Crippen LogP contribution in [-0.2, 0) is 32.3 Å². The molecule has 186 valence electrons. The average molecular weight is 632 g/mol. The van der Waals surface area contributed by atoms with Gasteiger partial charge < -0.3 is 0 Å². The normalized spacial score (nSPS) is 15.5. The van der Waals surface area contributed by atoms with Crippen molar-refractivity contribution in [3.8, 4) is 0 Å². The van der Waals surface area contributed by atoms with Gasteiger partial charge in [-0.1, -0.05) is 110 Å². The van der Waals surface area contributed by atoms with E-state index in [1.165, 1.54) is 39.6 Å². The van der Waals surface area contributed by atoms with E-state index in [-0.39, 0.29) is 25.8 Å². The molecule has 1 aliphatic rings. The molecule has 0 radical (unpaired) electrons. The van der Waals surface area contributed by atoms with Crippen molar-refractivity contribution in [3.63, 3.8) is 0 Å². The first-order valence-corrected chi connectivity index (χ1v) is 13.6. The molecule has 4 rings (SSSR count). The minimum absolute atomic E-state index is 0. The first-order chi connectivity index (χ1) is 16.0. The number of hydrogen-bond acceptors (Lipinski definition) is 0. The molecule has 0 N–H and O–H groups in total. The van der Waals surface area contributed by atoms with Gasteiger partial charge in [0.25, 0.3) is 0 Å². The van der Waals surface area contributed by atoms with Crippen molar-refractivity contribution in [2.24, 2.45) is 0 Å². The van der Waals surface area contributed by atoms with Crippen LogP contribution in [0.1, 0.15) is 143 Å². The fourth-order valence-electron chi connectivity index (χ4n) is 6.40. The average Bonchev–Trinajstić information content (AvgIpc) is 3.25. The number of hydrogen-bond donors (Lipinski definition) is 0. The summed E-state index contributed by atoms with van der Waals surface area (Å²) >= 11 is 0. The summed E-state index contributed by atoms with van der Waals surface area (Å²) in [5.74, 6) is 2.74. The van der Waals surface area contributed by atoms with Crippen LogP contribution >= 0.6 is 0 Å². The number of rotatable bonds is 7. The fourth-order valence-corrected chi connectivity index (χ4v) is 6.40. The molecule has 1 aliphatic carbocycles. The first-order valence-electron chi connectivity index (χ1n) is 13.6. The minimum atomic E-state index is 0. The van der Waals surface area contributed by atoms with Crippen LogP contribution < -0.4 is 0 Å². The molecule has 0 nitrogen and oxygen atoms in total. The molecule has 0 saturated carbocycles. The summed E-state index contributed by atoms with van der Waals surface area (Å²) in [5, 5.41) is 3.05. The minimum Gasteiger partial charge on any atom is -0.165 e. The van der Waals surface area contributed by atoms with Crippen LogP contribution in [0, 0.1) is 6.92 Å². The number of benzene rings is 2. The van der Waals surface area contributed by atoms with Gasteiger partial charge in [0.1, 0.15) is 0 Å². The van der Waals surface area contributed by atoms with E-state index < -0.39 is 0 Å². The van der Waals surface area contributed by atoms with Gasteiger partial charge in [-0.05, 0) is 53.4 Å². The molecule has 0 spiro atoms. The molecule has 0 fully saturated rings. The van der Waals surface area contributed by atoms with Gasteiger partial charge in [0.15, 0.2) is 0 Å². The van der Waals surface area contributed by atoms with Crippen molar-refractivity contribution in [3.05, 3.63) is 80.4 Å². The molecule has 3 aromatic rings. The smallest absolute Gasteiger partial charge is 0.00533 e. The quantitative estimate of drug-likeness (QED) is 0.180. The van der Waals surface area contributed by atoms with E-state index in [0.29, 0.717) is 29.6 Å². The third-order valence-corrected chi connectivity index (χ3v) is 8.25. The second kappa shape index (κ2) is 11.0. The van der Waals surface area contributed by atoms with Gasteiger partial charge in [-0.3, -0.25) is 0 Å². The Labute approximate surface area is 233 Å². The maximum Gasteiger partial charge on any atom is 0.00533 e. The van der Waals surface area contributed by atoms with Crippen LogP contribution in [0.2, 0.25) is 0 Å². The molecule has 1 atom stereocenters. The molecule has 0 amide bonds. The molecule has 1 unspecified atom stereocenters. The zero-order valence-corrected chi connectivity index (χ0v) is 27.4. The third-order valence-electron chi connectivity index (χ3n) is 8.25. The summed E-state index contributed by atoms with van der Waals surface area (Å²) in [6.07, 6.45) is 4.85. The van der Waals surface area contributed by atoms with Gasteiger partial charge >= 0.3 is 0 Å². The van der Waals surface area contributed by atoms with Crippen LogP contribution in [0.4, 0.5) is 0 Å². The van der Waals surface area contributed by atoms with E-state index in [4.69, 9.17) is 0 Å². The van der Waals surface area contributed by atoms with E-state index in [1.54, 1.807) is 27.6 Å². The summed E-state index contributed by atoms with van der Waals surface area (Å²) < 4.78 is 0. The van der Waals surface area contributed by atoms with Gasteiger partial charge in [0.05, 0.1) is 0 Å². The Morgan fingerprint density at radius 2 is 1.23 bits per heavy atom. The van der Waals surface area contributed by atoms with Crippen LogP contribution in [0.25, 0.3) is 16.8 Å². The predicted octanol–water partition coefficient (Wildman–Crippen LogP) is 10.5. The van der Waals surface area contributed by atoms with Crippen LogP contribution in [0.5, 0.6) is 0 Å². The zero-order chi connectivity index (χ0) is 24.9. The molecule has 0 aromatic heterocycles. The van der Waals surface area contributed by atoms with Crippen molar-refractivity contribution >= 4 is 16.8 Å². The van der Waals surface area contributed by atoms with Gasteiger partial charge in [-0.25, -0.2) is 0 Å². The summed E-state index contributed by atoms with van der Waals surface area (Å²) in [6, 6.07) is 12.1. The predicted molar refractivity (Wildman–Crippen MR) is 152 cm³/mol. The molecule has 0 heterocycles. The first kappa shape index (κ1) is 28.2. The standard InChI is InChI=1S/C34H45.Hf/c1-19(2)25-11-13-27(21(5)6)33-29(23(9)17-31(25)33)15-16-30-24(10)18-32-26(20(3)4)12-14-28(22(7)8)34(30)32;/h11-14,17-22,29H,15-16H2,1-10H3;/q-1;. The van der Waals surface area contributed by atoms with Crippen molar-refractivity contribution in [1.82, 2.24) is 0 Å². The van der Waals surface area contributed by atoms with Gasteiger partial charge in [0.2, 0.25) is 0 Å². The number of fused-ring (bicyclic) bond motifs is 2. The van der Waals surface area contributed by atoms with Crippen LogP contribution in [-0.4, -0.2) is 0 Å². The van der Waals surface area contributed by atoms with E-state index in [0.717, 1.165) is 6.42 Å². The molecule has 3 aromatic carbocycles. The van der Waals surface area contributed by atoms with Crippen molar-refractivity contribution in [1.29, 1.82) is 0 Å². The van der Waals surface area contributed by atoms with Gasteiger partial charge in [-0.2, -0.15) is 6.07 Å².